The van der Waals surface area contributed by atoms with Gasteiger partial charge in [0.2, 0.25) is 5.91 Å². The van der Waals surface area contributed by atoms with Crippen LogP contribution in [0.25, 0.3) is 0 Å². The summed E-state index contributed by atoms with van der Waals surface area (Å²) in [7, 11) is 3.07. The van der Waals surface area contributed by atoms with Gasteiger partial charge in [-0.15, -0.1) is 0 Å². The number of amides is 2. The highest BCUT2D eigenvalue weighted by atomic mass is 16.5. The van der Waals surface area contributed by atoms with Gasteiger partial charge in [0.15, 0.2) is 11.5 Å². The first-order valence-electron chi connectivity index (χ1n) is 10.3. The molecular formula is C24H30N2O4. The summed E-state index contributed by atoms with van der Waals surface area (Å²) in [6.07, 6.45) is 2.36. The third-order valence-electron chi connectivity index (χ3n) is 5.51. The van der Waals surface area contributed by atoms with Gasteiger partial charge in [0.05, 0.1) is 26.2 Å². The Balaban J connectivity index is 1.56. The topological polar surface area (TPSA) is 67.9 Å². The molecule has 1 atom stereocenters. The second-order valence-electron chi connectivity index (χ2n) is 7.76. The van der Waals surface area contributed by atoms with Crippen LogP contribution in [0.5, 0.6) is 11.5 Å². The molecule has 0 spiro atoms. The minimum Gasteiger partial charge on any atom is -0.493 e. The molecule has 0 unspecified atom stereocenters. The Kier molecular flexibility index (Phi) is 7.33. The minimum absolute atomic E-state index is 0.145. The number of methoxy groups -OCH3 is 2. The van der Waals surface area contributed by atoms with Gasteiger partial charge in [-0.2, -0.15) is 0 Å². The van der Waals surface area contributed by atoms with Gasteiger partial charge < -0.3 is 19.7 Å². The molecule has 6 heteroatoms. The zero-order valence-corrected chi connectivity index (χ0v) is 17.9. The Morgan fingerprint density at radius 1 is 1.13 bits per heavy atom. The smallest absolute Gasteiger partial charge is 0.255 e. The average Bonchev–Trinajstić information content (AvgIpc) is 2.77. The Morgan fingerprint density at radius 3 is 2.67 bits per heavy atom. The van der Waals surface area contributed by atoms with Gasteiger partial charge in [0.1, 0.15) is 0 Å². The van der Waals surface area contributed by atoms with Crippen LogP contribution < -0.4 is 14.8 Å². The number of hydrogen-bond donors (Lipinski definition) is 1. The first kappa shape index (κ1) is 21.7. The number of likely N-dealkylation sites (tertiary alicyclic amines) is 1. The summed E-state index contributed by atoms with van der Waals surface area (Å²) in [5, 5.41) is 3.00. The number of ether oxygens (including phenoxy) is 2. The molecular weight excluding hydrogens is 380 g/mol. The van der Waals surface area contributed by atoms with Crippen molar-refractivity contribution in [2.75, 3.05) is 33.9 Å². The molecule has 1 aliphatic rings. The number of benzene rings is 2. The molecule has 2 amide bonds. The highest BCUT2D eigenvalue weighted by molar-refractivity contribution is 5.97. The molecule has 1 N–H and O–H groups in total. The molecule has 0 bridgehead atoms. The second-order valence-corrected chi connectivity index (χ2v) is 7.76. The lowest BCUT2D eigenvalue weighted by Gasteiger charge is -2.33. The van der Waals surface area contributed by atoms with E-state index in [0.29, 0.717) is 36.6 Å². The van der Waals surface area contributed by atoms with Crippen LogP contribution in [0.15, 0.2) is 42.5 Å². The standard InChI is InChI=1S/C24H30N2O4/c1-17-7-4-8-18(13-17)14-22(27)26-12-6-9-19(16-26)15-25-24(28)20-10-5-11-21(29-2)23(20)30-3/h4-5,7-8,10-11,13,19H,6,9,12,14-16H2,1-3H3,(H,25,28)/t19-/m1/s1. The van der Waals surface area contributed by atoms with E-state index in [1.165, 1.54) is 7.11 Å². The Labute approximate surface area is 178 Å². The van der Waals surface area contributed by atoms with Crippen molar-refractivity contribution in [3.8, 4) is 11.5 Å². The number of aryl methyl sites for hydroxylation is 1. The van der Waals surface area contributed by atoms with Crippen LogP contribution in [0.2, 0.25) is 0 Å². The van der Waals surface area contributed by atoms with Crippen molar-refractivity contribution >= 4 is 11.8 Å². The third kappa shape index (κ3) is 5.32. The lowest BCUT2D eigenvalue weighted by molar-refractivity contribution is -0.132. The molecule has 0 aliphatic carbocycles. The maximum absolute atomic E-state index is 12.7. The van der Waals surface area contributed by atoms with Crippen LogP contribution >= 0.6 is 0 Å². The molecule has 3 rings (SSSR count). The predicted octanol–water partition coefficient (Wildman–Crippen LogP) is 3.22. The minimum atomic E-state index is -0.200. The van der Waals surface area contributed by atoms with Gasteiger partial charge >= 0.3 is 0 Å². The lowest BCUT2D eigenvalue weighted by atomic mass is 9.97. The fraction of sp³-hybridized carbons (Fsp3) is 0.417. The Hall–Kier alpha value is -3.02. The van der Waals surface area contributed by atoms with Crippen molar-refractivity contribution in [2.45, 2.75) is 26.2 Å². The van der Waals surface area contributed by atoms with E-state index in [0.717, 1.165) is 30.5 Å². The first-order chi connectivity index (χ1) is 14.5. The van der Waals surface area contributed by atoms with Gasteiger partial charge in [0.25, 0.3) is 5.91 Å². The van der Waals surface area contributed by atoms with Crippen LogP contribution in [-0.4, -0.2) is 50.6 Å². The van der Waals surface area contributed by atoms with E-state index in [9.17, 15) is 9.59 Å². The number of para-hydroxylation sites is 1. The molecule has 30 heavy (non-hydrogen) atoms. The zero-order chi connectivity index (χ0) is 21.5. The molecule has 1 heterocycles. The summed E-state index contributed by atoms with van der Waals surface area (Å²) in [6, 6.07) is 13.3. The summed E-state index contributed by atoms with van der Waals surface area (Å²) >= 11 is 0. The number of carbonyl (C=O) groups excluding carboxylic acids is 2. The third-order valence-corrected chi connectivity index (χ3v) is 5.51. The van der Waals surface area contributed by atoms with Crippen molar-refractivity contribution in [1.82, 2.24) is 10.2 Å². The van der Waals surface area contributed by atoms with Gasteiger partial charge in [0, 0.05) is 19.6 Å². The highest BCUT2D eigenvalue weighted by Crippen LogP contribution is 2.30. The number of hydrogen-bond acceptors (Lipinski definition) is 4. The highest BCUT2D eigenvalue weighted by Gasteiger charge is 2.25. The maximum atomic E-state index is 12.7. The van der Waals surface area contributed by atoms with E-state index in [1.807, 2.05) is 30.0 Å². The quantitative estimate of drug-likeness (QED) is 0.761. The zero-order valence-electron chi connectivity index (χ0n) is 17.9. The molecule has 1 aliphatic heterocycles. The van der Waals surface area contributed by atoms with Gasteiger partial charge in [-0.1, -0.05) is 35.9 Å². The van der Waals surface area contributed by atoms with E-state index in [1.54, 1.807) is 25.3 Å². The van der Waals surface area contributed by atoms with Crippen LogP contribution in [0.3, 0.4) is 0 Å². The molecule has 0 saturated carbocycles. The van der Waals surface area contributed by atoms with Gasteiger partial charge in [-0.3, -0.25) is 9.59 Å². The van der Waals surface area contributed by atoms with Gasteiger partial charge in [-0.05, 0) is 43.4 Å². The van der Waals surface area contributed by atoms with Crippen LogP contribution in [-0.2, 0) is 11.2 Å². The largest absolute Gasteiger partial charge is 0.493 e. The monoisotopic (exact) mass is 410 g/mol. The molecule has 6 nitrogen and oxygen atoms in total. The normalized spacial score (nSPS) is 16.1. The molecule has 0 aromatic heterocycles. The molecule has 2 aromatic carbocycles. The summed E-state index contributed by atoms with van der Waals surface area (Å²) < 4.78 is 10.6. The lowest BCUT2D eigenvalue weighted by Crippen LogP contribution is -2.44. The second kappa shape index (κ2) is 10.1. The van der Waals surface area contributed by atoms with E-state index in [2.05, 4.69) is 11.4 Å². The van der Waals surface area contributed by atoms with E-state index in [-0.39, 0.29) is 17.7 Å². The SMILES string of the molecule is COc1cccc(C(=O)NC[C@H]2CCCN(C(=O)Cc3cccc(C)c3)C2)c1OC. The average molecular weight is 411 g/mol. The summed E-state index contributed by atoms with van der Waals surface area (Å²) in [6.45, 7) is 4.00. The maximum Gasteiger partial charge on any atom is 0.255 e. The molecule has 2 aromatic rings. The van der Waals surface area contributed by atoms with Crippen molar-refractivity contribution in [3.05, 3.63) is 59.2 Å². The van der Waals surface area contributed by atoms with Gasteiger partial charge in [-0.25, -0.2) is 0 Å². The van der Waals surface area contributed by atoms with Crippen LogP contribution in [0.4, 0.5) is 0 Å². The fourth-order valence-corrected chi connectivity index (χ4v) is 3.96. The molecule has 1 saturated heterocycles. The fourth-order valence-electron chi connectivity index (χ4n) is 3.96. The van der Waals surface area contributed by atoms with Crippen molar-refractivity contribution < 1.29 is 19.1 Å². The van der Waals surface area contributed by atoms with Crippen molar-refractivity contribution in [2.24, 2.45) is 5.92 Å². The predicted molar refractivity (Wildman–Crippen MR) is 116 cm³/mol. The number of piperidine rings is 1. The van der Waals surface area contributed by atoms with Crippen LogP contribution in [0, 0.1) is 12.8 Å². The molecule has 0 radical (unpaired) electrons. The molecule has 160 valence electrons. The van der Waals surface area contributed by atoms with Crippen molar-refractivity contribution in [3.63, 3.8) is 0 Å². The van der Waals surface area contributed by atoms with Crippen molar-refractivity contribution in [1.29, 1.82) is 0 Å². The van der Waals surface area contributed by atoms with E-state index in [4.69, 9.17) is 9.47 Å². The summed E-state index contributed by atoms with van der Waals surface area (Å²) in [5.41, 5.74) is 2.65. The number of nitrogens with one attached hydrogen (secondary N) is 1. The van der Waals surface area contributed by atoms with E-state index >= 15 is 0 Å². The summed E-state index contributed by atoms with van der Waals surface area (Å²) in [5.74, 6) is 1.13. The number of carbonyl (C=O) groups is 2. The Morgan fingerprint density at radius 2 is 1.93 bits per heavy atom. The number of rotatable bonds is 7. The number of nitrogens with zero attached hydrogens (tertiary/aromatic N) is 1. The summed E-state index contributed by atoms with van der Waals surface area (Å²) in [4.78, 5) is 27.4. The first-order valence-corrected chi connectivity index (χ1v) is 10.3. The van der Waals surface area contributed by atoms with Crippen LogP contribution in [0.1, 0.15) is 34.3 Å². The van der Waals surface area contributed by atoms with E-state index < -0.39 is 0 Å². The molecule has 1 fully saturated rings. The Bertz CT molecular complexity index is 897.